The van der Waals surface area contributed by atoms with Crippen molar-refractivity contribution in [2.75, 3.05) is 0 Å². The highest BCUT2D eigenvalue weighted by atomic mass is 79.9. The summed E-state index contributed by atoms with van der Waals surface area (Å²) in [6, 6.07) is 21.6. The monoisotopic (exact) mass is 546 g/mol. The normalized spacial score (nSPS) is 20.5. The van der Waals surface area contributed by atoms with E-state index in [0.29, 0.717) is 0 Å². The highest BCUT2D eigenvalue weighted by Crippen LogP contribution is 2.51. The van der Waals surface area contributed by atoms with Crippen LogP contribution in [0, 0.1) is 11.6 Å². The van der Waals surface area contributed by atoms with Gasteiger partial charge >= 0.3 is 0 Å². The number of aliphatic imine (C=N–C) groups is 1. The summed E-state index contributed by atoms with van der Waals surface area (Å²) in [6.07, 6.45) is 4.97. The second-order valence-electron chi connectivity index (χ2n) is 8.79. The molecule has 1 atom stereocenters. The minimum atomic E-state index is -0.243. The Kier molecular flexibility index (Phi) is 5.94. The van der Waals surface area contributed by atoms with Crippen molar-refractivity contribution in [1.82, 2.24) is 4.90 Å². The third kappa shape index (κ3) is 4.30. The van der Waals surface area contributed by atoms with Crippen LogP contribution in [0.5, 0.6) is 0 Å². The zero-order valence-electron chi connectivity index (χ0n) is 18.7. The SMILES string of the molecule is Fc1ccc(C=C2CCCC3=C2N=C2SC=C(c4ccc(Br)cc4)N2C3c2ccc(F)cc2)cc1. The first-order chi connectivity index (χ1) is 17.1. The van der Waals surface area contributed by atoms with E-state index in [0.717, 1.165) is 62.6 Å². The summed E-state index contributed by atoms with van der Waals surface area (Å²) in [7, 11) is 0. The van der Waals surface area contributed by atoms with Gasteiger partial charge in [0.05, 0.1) is 17.4 Å². The standard InChI is InChI=1S/C29H21BrF2N2S/c30-22-10-6-19(7-11-22)26-17-35-29-33-27-21(16-18-4-12-23(31)13-5-18)2-1-3-25(27)28(34(26)29)20-8-14-24(32)15-9-20/h4-17,28H,1-3H2. The minimum Gasteiger partial charge on any atom is -0.308 e. The Labute approximate surface area is 215 Å². The molecular formula is C29H21BrF2N2S. The molecule has 3 aromatic rings. The fourth-order valence-electron chi connectivity index (χ4n) is 4.95. The molecule has 6 rings (SSSR count). The average molecular weight is 547 g/mol. The van der Waals surface area contributed by atoms with E-state index in [1.54, 1.807) is 23.9 Å². The van der Waals surface area contributed by atoms with E-state index in [1.807, 2.05) is 24.3 Å². The van der Waals surface area contributed by atoms with Crippen molar-refractivity contribution >= 4 is 44.6 Å². The van der Waals surface area contributed by atoms with Gasteiger partial charge in [-0.15, -0.1) is 0 Å². The van der Waals surface area contributed by atoms with Crippen LogP contribution in [0.3, 0.4) is 0 Å². The Balaban J connectivity index is 1.48. The molecule has 0 N–H and O–H groups in total. The number of allylic oxidation sites excluding steroid dienone is 1. The quantitative estimate of drug-likeness (QED) is 0.326. The summed E-state index contributed by atoms with van der Waals surface area (Å²) in [6.45, 7) is 0. The third-order valence-corrected chi connectivity index (χ3v) is 7.94. The molecule has 0 fully saturated rings. The second kappa shape index (κ2) is 9.25. The number of hydrogen-bond donors (Lipinski definition) is 0. The molecule has 0 spiro atoms. The number of fused-ring (bicyclic) bond motifs is 1. The lowest BCUT2D eigenvalue weighted by Crippen LogP contribution is -2.34. The van der Waals surface area contributed by atoms with Crippen LogP contribution >= 0.6 is 27.7 Å². The average Bonchev–Trinajstić information content (AvgIpc) is 3.29. The lowest BCUT2D eigenvalue weighted by molar-refractivity contribution is 0.457. The molecule has 0 aromatic heterocycles. The predicted molar refractivity (Wildman–Crippen MR) is 143 cm³/mol. The maximum absolute atomic E-state index is 13.9. The highest BCUT2D eigenvalue weighted by molar-refractivity contribution is 9.10. The summed E-state index contributed by atoms with van der Waals surface area (Å²) in [5.74, 6) is -0.484. The molecular weight excluding hydrogens is 526 g/mol. The summed E-state index contributed by atoms with van der Waals surface area (Å²) in [5, 5.41) is 3.07. The summed E-state index contributed by atoms with van der Waals surface area (Å²) in [4.78, 5) is 7.45. The summed E-state index contributed by atoms with van der Waals surface area (Å²) >= 11 is 5.15. The predicted octanol–water partition coefficient (Wildman–Crippen LogP) is 8.71. The molecule has 0 amide bonds. The molecule has 174 valence electrons. The first kappa shape index (κ1) is 22.5. The summed E-state index contributed by atoms with van der Waals surface area (Å²) in [5.41, 5.74) is 7.62. The molecule has 1 aliphatic carbocycles. The van der Waals surface area contributed by atoms with Crippen LogP contribution < -0.4 is 0 Å². The maximum atomic E-state index is 13.9. The Hall–Kier alpha value is -2.96. The number of amidine groups is 1. The zero-order chi connectivity index (χ0) is 23.9. The van der Waals surface area contributed by atoms with E-state index in [4.69, 9.17) is 4.99 Å². The van der Waals surface area contributed by atoms with E-state index < -0.39 is 0 Å². The first-order valence-electron chi connectivity index (χ1n) is 11.5. The molecule has 3 aliphatic rings. The number of halogens is 3. The topological polar surface area (TPSA) is 15.6 Å². The van der Waals surface area contributed by atoms with Crippen LogP contribution in [0.15, 0.2) is 105 Å². The second-order valence-corrected chi connectivity index (χ2v) is 10.5. The van der Waals surface area contributed by atoms with Crippen LogP contribution in [0.2, 0.25) is 0 Å². The van der Waals surface area contributed by atoms with E-state index in [1.165, 1.54) is 29.8 Å². The molecule has 2 heterocycles. The van der Waals surface area contributed by atoms with Gasteiger partial charge in [-0.2, -0.15) is 0 Å². The van der Waals surface area contributed by atoms with Crippen molar-refractivity contribution in [3.63, 3.8) is 0 Å². The van der Waals surface area contributed by atoms with Crippen molar-refractivity contribution in [3.8, 4) is 0 Å². The molecule has 6 heteroatoms. The van der Waals surface area contributed by atoms with Crippen LogP contribution in [-0.4, -0.2) is 10.1 Å². The molecule has 3 aromatic carbocycles. The third-order valence-electron chi connectivity index (χ3n) is 6.57. The van der Waals surface area contributed by atoms with Gasteiger partial charge in [-0.3, -0.25) is 0 Å². The van der Waals surface area contributed by atoms with Crippen LogP contribution in [0.25, 0.3) is 11.8 Å². The van der Waals surface area contributed by atoms with Crippen LogP contribution in [0.4, 0.5) is 8.78 Å². The lowest BCUT2D eigenvalue weighted by Gasteiger charge is -2.40. The smallest absolute Gasteiger partial charge is 0.174 e. The number of nitrogens with zero attached hydrogens (tertiary/aromatic N) is 2. The molecule has 0 saturated carbocycles. The number of thioether (sulfide) groups is 1. The fourth-order valence-corrected chi connectivity index (χ4v) is 6.14. The lowest BCUT2D eigenvalue weighted by atomic mass is 9.82. The van der Waals surface area contributed by atoms with E-state index in [9.17, 15) is 8.78 Å². The van der Waals surface area contributed by atoms with E-state index in [-0.39, 0.29) is 17.7 Å². The van der Waals surface area contributed by atoms with E-state index in [2.05, 4.69) is 44.4 Å². The highest BCUT2D eigenvalue weighted by Gasteiger charge is 2.40. The molecule has 2 aliphatic heterocycles. The zero-order valence-corrected chi connectivity index (χ0v) is 21.1. The van der Waals surface area contributed by atoms with Gasteiger partial charge in [-0.05, 0) is 89.6 Å². The number of benzene rings is 3. The molecule has 0 bridgehead atoms. The fraction of sp³-hybridized carbons (Fsp3) is 0.138. The molecule has 0 radical (unpaired) electrons. The van der Waals surface area contributed by atoms with Crippen LogP contribution in [0.1, 0.15) is 42.0 Å². The maximum Gasteiger partial charge on any atom is 0.174 e. The Morgan fingerprint density at radius 1 is 0.886 bits per heavy atom. The Bertz CT molecular complexity index is 1400. The van der Waals surface area contributed by atoms with Gasteiger partial charge in [0.1, 0.15) is 11.6 Å². The molecule has 0 saturated heterocycles. The van der Waals surface area contributed by atoms with Gasteiger partial charge < -0.3 is 4.90 Å². The van der Waals surface area contributed by atoms with Crippen LogP contribution in [-0.2, 0) is 0 Å². The van der Waals surface area contributed by atoms with Gasteiger partial charge in [0.15, 0.2) is 5.17 Å². The van der Waals surface area contributed by atoms with Gasteiger partial charge in [-0.1, -0.05) is 64.1 Å². The molecule has 1 unspecified atom stereocenters. The van der Waals surface area contributed by atoms with Crippen molar-refractivity contribution in [1.29, 1.82) is 0 Å². The van der Waals surface area contributed by atoms with Crippen molar-refractivity contribution in [2.24, 2.45) is 4.99 Å². The molecule has 2 nitrogen and oxygen atoms in total. The van der Waals surface area contributed by atoms with Gasteiger partial charge in [-0.25, -0.2) is 13.8 Å². The van der Waals surface area contributed by atoms with Gasteiger partial charge in [0.25, 0.3) is 0 Å². The van der Waals surface area contributed by atoms with Gasteiger partial charge in [0, 0.05) is 9.88 Å². The minimum absolute atomic E-state index is 0.0695. The van der Waals surface area contributed by atoms with Crippen molar-refractivity contribution in [3.05, 3.63) is 128 Å². The first-order valence-corrected chi connectivity index (χ1v) is 13.2. The van der Waals surface area contributed by atoms with Crippen molar-refractivity contribution in [2.45, 2.75) is 25.3 Å². The molecule has 35 heavy (non-hydrogen) atoms. The largest absolute Gasteiger partial charge is 0.308 e. The number of hydrogen-bond acceptors (Lipinski definition) is 3. The number of rotatable bonds is 3. The summed E-state index contributed by atoms with van der Waals surface area (Å²) < 4.78 is 28.3. The Morgan fingerprint density at radius 2 is 1.57 bits per heavy atom. The van der Waals surface area contributed by atoms with Gasteiger partial charge in [0.2, 0.25) is 0 Å². The Morgan fingerprint density at radius 3 is 2.29 bits per heavy atom. The van der Waals surface area contributed by atoms with Crippen molar-refractivity contribution < 1.29 is 8.78 Å². The van der Waals surface area contributed by atoms with E-state index >= 15 is 0 Å².